The normalized spacial score (nSPS) is 42.2. The first-order valence-corrected chi connectivity index (χ1v) is 7.61. The van der Waals surface area contributed by atoms with Gasteiger partial charge in [-0.3, -0.25) is 14.5 Å². The second-order valence-electron chi connectivity index (χ2n) is 6.66. The lowest BCUT2D eigenvalue weighted by molar-refractivity contribution is -0.140. The van der Waals surface area contributed by atoms with Crippen molar-refractivity contribution >= 4 is 11.8 Å². The Labute approximate surface area is 114 Å². The molecule has 1 heterocycles. The number of nitrogens with zero attached hydrogens (tertiary/aromatic N) is 1. The van der Waals surface area contributed by atoms with E-state index >= 15 is 0 Å². The van der Waals surface area contributed by atoms with Crippen LogP contribution < -0.4 is 0 Å². The lowest BCUT2D eigenvalue weighted by atomic mass is 10.00. The van der Waals surface area contributed by atoms with Crippen LogP contribution >= 0.6 is 0 Å². The van der Waals surface area contributed by atoms with Crippen LogP contribution in [0, 0.1) is 23.7 Å². The number of carbonyl (C=O) groups is 2. The van der Waals surface area contributed by atoms with Crippen molar-refractivity contribution in [3.8, 4) is 0 Å². The monoisotopic (exact) mass is 265 g/mol. The van der Waals surface area contributed by atoms with E-state index in [4.69, 9.17) is 0 Å². The Morgan fingerprint density at radius 2 is 1.79 bits per heavy atom. The first-order chi connectivity index (χ1) is 9.08. The van der Waals surface area contributed by atoms with Gasteiger partial charge in [0.2, 0.25) is 11.8 Å². The van der Waals surface area contributed by atoms with Crippen molar-refractivity contribution in [2.45, 2.75) is 51.6 Å². The number of hydrogen-bond donors (Lipinski definition) is 1. The zero-order chi connectivity index (χ0) is 13.6. The Balaban J connectivity index is 1.60. The molecule has 4 atom stereocenters. The molecule has 106 valence electrons. The van der Waals surface area contributed by atoms with Gasteiger partial charge in [0.05, 0.1) is 17.9 Å². The molecule has 1 saturated heterocycles. The number of aliphatic hydroxyl groups excluding tert-OH is 1. The number of rotatable bonds is 3. The molecule has 4 heteroatoms. The summed E-state index contributed by atoms with van der Waals surface area (Å²) in [5, 5.41) is 9.80. The van der Waals surface area contributed by atoms with Crippen molar-refractivity contribution in [3.05, 3.63) is 0 Å². The molecule has 19 heavy (non-hydrogen) atoms. The SMILES string of the molecule is CC1CC2C(=O)N(CCC3CCCC3O)C(=O)C2C1. The molecule has 3 fully saturated rings. The number of fused-ring (bicyclic) bond motifs is 1. The van der Waals surface area contributed by atoms with Crippen molar-refractivity contribution in [1.29, 1.82) is 0 Å². The third-order valence-corrected chi connectivity index (χ3v) is 5.31. The fourth-order valence-corrected chi connectivity index (χ4v) is 4.22. The molecule has 0 radical (unpaired) electrons. The van der Waals surface area contributed by atoms with Crippen LogP contribution in [0.25, 0.3) is 0 Å². The molecule has 0 aromatic carbocycles. The largest absolute Gasteiger partial charge is 0.393 e. The molecular formula is C15H23NO3. The molecule has 4 nitrogen and oxygen atoms in total. The molecule has 0 aromatic heterocycles. The summed E-state index contributed by atoms with van der Waals surface area (Å²) >= 11 is 0. The number of amides is 2. The molecule has 2 saturated carbocycles. The zero-order valence-corrected chi connectivity index (χ0v) is 11.5. The maximum atomic E-state index is 12.3. The molecule has 0 spiro atoms. The average Bonchev–Trinajstić information content (AvgIpc) is 3.00. The Morgan fingerprint density at radius 3 is 2.32 bits per heavy atom. The summed E-state index contributed by atoms with van der Waals surface area (Å²) in [7, 11) is 0. The molecule has 3 aliphatic rings. The summed E-state index contributed by atoms with van der Waals surface area (Å²) in [6.07, 6.45) is 5.25. The summed E-state index contributed by atoms with van der Waals surface area (Å²) in [6, 6.07) is 0. The van der Waals surface area contributed by atoms with Gasteiger partial charge < -0.3 is 5.11 Å². The quantitative estimate of drug-likeness (QED) is 0.788. The van der Waals surface area contributed by atoms with Crippen molar-refractivity contribution in [2.24, 2.45) is 23.7 Å². The van der Waals surface area contributed by atoms with E-state index in [1.807, 2.05) is 0 Å². The number of hydrogen-bond acceptors (Lipinski definition) is 3. The zero-order valence-electron chi connectivity index (χ0n) is 11.5. The van der Waals surface area contributed by atoms with Crippen LogP contribution in [0.15, 0.2) is 0 Å². The molecule has 2 aliphatic carbocycles. The van der Waals surface area contributed by atoms with Crippen LogP contribution in [-0.4, -0.2) is 34.5 Å². The van der Waals surface area contributed by atoms with E-state index in [1.165, 1.54) is 4.90 Å². The highest BCUT2D eigenvalue weighted by Gasteiger charge is 2.51. The predicted molar refractivity (Wildman–Crippen MR) is 70.1 cm³/mol. The number of likely N-dealkylation sites (tertiary alicyclic amines) is 1. The summed E-state index contributed by atoms with van der Waals surface area (Å²) in [5.74, 6) is 0.785. The molecule has 1 aliphatic heterocycles. The van der Waals surface area contributed by atoms with Crippen LogP contribution in [0.4, 0.5) is 0 Å². The van der Waals surface area contributed by atoms with E-state index in [1.54, 1.807) is 0 Å². The fraction of sp³-hybridized carbons (Fsp3) is 0.867. The standard InChI is InChI=1S/C15H23NO3/c1-9-7-11-12(8-9)15(19)16(14(11)18)6-5-10-3-2-4-13(10)17/h9-13,17H,2-8H2,1H3. The molecule has 0 aromatic rings. The Kier molecular flexibility index (Phi) is 3.37. The van der Waals surface area contributed by atoms with Gasteiger partial charge in [0.15, 0.2) is 0 Å². The van der Waals surface area contributed by atoms with Crippen LogP contribution in [0.3, 0.4) is 0 Å². The van der Waals surface area contributed by atoms with E-state index in [-0.39, 0.29) is 35.7 Å². The van der Waals surface area contributed by atoms with Crippen molar-refractivity contribution in [3.63, 3.8) is 0 Å². The second kappa shape index (κ2) is 4.89. The highest BCUT2D eigenvalue weighted by molar-refractivity contribution is 6.05. The third-order valence-electron chi connectivity index (χ3n) is 5.31. The summed E-state index contributed by atoms with van der Waals surface area (Å²) in [6.45, 7) is 2.64. The van der Waals surface area contributed by atoms with E-state index in [2.05, 4.69) is 6.92 Å². The maximum absolute atomic E-state index is 12.3. The lowest BCUT2D eigenvalue weighted by Crippen LogP contribution is -2.34. The lowest BCUT2D eigenvalue weighted by Gasteiger charge is -2.20. The molecule has 2 amide bonds. The van der Waals surface area contributed by atoms with E-state index in [9.17, 15) is 14.7 Å². The first kappa shape index (κ1) is 13.1. The van der Waals surface area contributed by atoms with Gasteiger partial charge in [-0.25, -0.2) is 0 Å². The van der Waals surface area contributed by atoms with Gasteiger partial charge in [-0.05, 0) is 43.9 Å². The molecule has 3 rings (SSSR count). The van der Waals surface area contributed by atoms with Gasteiger partial charge in [0.1, 0.15) is 0 Å². The minimum absolute atomic E-state index is 0.0454. The fourth-order valence-electron chi connectivity index (χ4n) is 4.22. The van der Waals surface area contributed by atoms with Crippen molar-refractivity contribution < 1.29 is 14.7 Å². The topological polar surface area (TPSA) is 57.6 Å². The number of imide groups is 1. The van der Waals surface area contributed by atoms with E-state index < -0.39 is 0 Å². The van der Waals surface area contributed by atoms with Gasteiger partial charge in [-0.1, -0.05) is 13.3 Å². The maximum Gasteiger partial charge on any atom is 0.233 e. The molecule has 0 bridgehead atoms. The molecule has 4 unspecified atom stereocenters. The Bertz CT molecular complexity index is 371. The second-order valence-corrected chi connectivity index (χ2v) is 6.66. The summed E-state index contributed by atoms with van der Waals surface area (Å²) in [5.41, 5.74) is 0. The number of aliphatic hydroxyl groups is 1. The third kappa shape index (κ3) is 2.20. The summed E-state index contributed by atoms with van der Waals surface area (Å²) < 4.78 is 0. The van der Waals surface area contributed by atoms with Crippen LogP contribution in [0.2, 0.25) is 0 Å². The van der Waals surface area contributed by atoms with Crippen LogP contribution in [0.5, 0.6) is 0 Å². The Hall–Kier alpha value is -0.900. The highest BCUT2D eigenvalue weighted by atomic mass is 16.3. The minimum Gasteiger partial charge on any atom is -0.393 e. The Morgan fingerprint density at radius 1 is 1.16 bits per heavy atom. The van der Waals surface area contributed by atoms with Crippen LogP contribution in [0.1, 0.15) is 45.4 Å². The highest BCUT2D eigenvalue weighted by Crippen LogP contribution is 2.43. The van der Waals surface area contributed by atoms with Gasteiger partial charge in [-0.2, -0.15) is 0 Å². The van der Waals surface area contributed by atoms with Gasteiger partial charge >= 0.3 is 0 Å². The van der Waals surface area contributed by atoms with E-state index in [0.29, 0.717) is 12.5 Å². The first-order valence-electron chi connectivity index (χ1n) is 7.61. The van der Waals surface area contributed by atoms with Gasteiger partial charge in [-0.15, -0.1) is 0 Å². The van der Waals surface area contributed by atoms with E-state index in [0.717, 1.165) is 38.5 Å². The molecule has 1 N–H and O–H groups in total. The van der Waals surface area contributed by atoms with Crippen molar-refractivity contribution in [2.75, 3.05) is 6.54 Å². The van der Waals surface area contributed by atoms with Crippen LogP contribution in [-0.2, 0) is 9.59 Å². The predicted octanol–water partition coefficient (Wildman–Crippen LogP) is 1.57. The summed E-state index contributed by atoms with van der Waals surface area (Å²) in [4.78, 5) is 26.0. The smallest absolute Gasteiger partial charge is 0.233 e. The molecular weight excluding hydrogens is 242 g/mol. The van der Waals surface area contributed by atoms with Gasteiger partial charge in [0.25, 0.3) is 0 Å². The van der Waals surface area contributed by atoms with Crippen molar-refractivity contribution in [1.82, 2.24) is 4.90 Å². The van der Waals surface area contributed by atoms with Gasteiger partial charge in [0, 0.05) is 6.54 Å². The minimum atomic E-state index is -0.229. The average molecular weight is 265 g/mol. The number of carbonyl (C=O) groups excluding carboxylic acids is 2.